The number of benzene rings is 3. The van der Waals surface area contributed by atoms with E-state index in [1.807, 2.05) is 5.32 Å². The first-order chi connectivity index (χ1) is 20.9. The van der Waals surface area contributed by atoms with Gasteiger partial charge in [-0.1, -0.05) is 42.5 Å². The van der Waals surface area contributed by atoms with Gasteiger partial charge in [-0.15, -0.1) is 0 Å². The minimum atomic E-state index is -5.42. The molecule has 4 rings (SSSR count). The van der Waals surface area contributed by atoms with Crippen LogP contribution in [0.5, 0.6) is 23.0 Å². The fourth-order valence-electron chi connectivity index (χ4n) is 5.14. The van der Waals surface area contributed by atoms with Gasteiger partial charge in [0, 0.05) is 23.4 Å². The van der Waals surface area contributed by atoms with E-state index < -0.39 is 34.9 Å². The van der Waals surface area contributed by atoms with Gasteiger partial charge < -0.3 is 29.2 Å². The third kappa shape index (κ3) is 5.67. The van der Waals surface area contributed by atoms with Gasteiger partial charge in [0.2, 0.25) is 11.3 Å². The minimum absolute atomic E-state index is 0.00392. The van der Waals surface area contributed by atoms with Crippen LogP contribution < -0.4 is 24.3 Å². The maximum Gasteiger partial charge on any atom is 0.425 e. The highest BCUT2D eigenvalue weighted by Crippen LogP contribution is 2.46. The zero-order valence-electron chi connectivity index (χ0n) is 24.7. The average Bonchev–Trinajstić information content (AvgIpc) is 3.24. The van der Waals surface area contributed by atoms with Crippen molar-refractivity contribution in [1.82, 2.24) is 10.2 Å². The van der Waals surface area contributed by atoms with Crippen LogP contribution in [0.4, 0.5) is 13.2 Å². The second kappa shape index (κ2) is 12.7. The smallest absolute Gasteiger partial charge is 0.425 e. The van der Waals surface area contributed by atoms with Gasteiger partial charge in [0.05, 0.1) is 34.0 Å². The summed E-state index contributed by atoms with van der Waals surface area (Å²) in [5.41, 5.74) is -4.49. The third-order valence-electron chi connectivity index (χ3n) is 7.41. The van der Waals surface area contributed by atoms with Crippen molar-refractivity contribution in [2.45, 2.75) is 25.1 Å². The fraction of sp³-hybridized carbons (Fsp3) is 0.281. The molecule has 232 valence electrons. The molecule has 0 fully saturated rings. The van der Waals surface area contributed by atoms with Crippen molar-refractivity contribution in [3.63, 3.8) is 0 Å². The Morgan fingerprint density at radius 1 is 0.841 bits per heavy atom. The van der Waals surface area contributed by atoms with Crippen LogP contribution >= 0.6 is 0 Å². The van der Waals surface area contributed by atoms with Crippen molar-refractivity contribution in [2.24, 2.45) is 0 Å². The van der Waals surface area contributed by atoms with Crippen molar-refractivity contribution >= 4 is 17.6 Å². The van der Waals surface area contributed by atoms with E-state index in [1.54, 1.807) is 30.3 Å². The van der Waals surface area contributed by atoms with Crippen LogP contribution in [0.25, 0.3) is 0 Å². The van der Waals surface area contributed by atoms with Gasteiger partial charge >= 0.3 is 6.18 Å². The minimum Gasteiger partial charge on any atom is -0.497 e. The summed E-state index contributed by atoms with van der Waals surface area (Å²) in [5, 5.41) is 1.91. The molecule has 9 nitrogen and oxygen atoms in total. The van der Waals surface area contributed by atoms with Crippen LogP contribution in [0.15, 0.2) is 78.0 Å². The molecule has 0 radical (unpaired) electrons. The third-order valence-corrected chi connectivity index (χ3v) is 7.41. The molecule has 12 heteroatoms. The summed E-state index contributed by atoms with van der Waals surface area (Å²) in [5.74, 6) is -3.15. The molecule has 44 heavy (non-hydrogen) atoms. The quantitative estimate of drug-likeness (QED) is 0.304. The molecule has 0 unspecified atom stereocenters. The molecule has 0 aromatic heterocycles. The Kier molecular flexibility index (Phi) is 9.22. The van der Waals surface area contributed by atoms with Gasteiger partial charge in [0.1, 0.15) is 5.75 Å². The first-order valence-electron chi connectivity index (χ1n) is 13.4. The van der Waals surface area contributed by atoms with Crippen LogP contribution in [0, 0.1) is 0 Å². The lowest BCUT2D eigenvalue weighted by atomic mass is 9.84. The van der Waals surface area contributed by atoms with Crippen LogP contribution in [-0.2, 0) is 11.2 Å². The second-order valence-corrected chi connectivity index (χ2v) is 9.83. The predicted molar refractivity (Wildman–Crippen MR) is 154 cm³/mol. The molecule has 0 aliphatic carbocycles. The summed E-state index contributed by atoms with van der Waals surface area (Å²) in [4.78, 5) is 42.3. The van der Waals surface area contributed by atoms with Crippen molar-refractivity contribution in [1.29, 1.82) is 0 Å². The fourth-order valence-corrected chi connectivity index (χ4v) is 5.14. The van der Waals surface area contributed by atoms with Crippen LogP contribution in [0.2, 0.25) is 0 Å². The number of alkyl halides is 3. The molecule has 1 heterocycles. The highest BCUT2D eigenvalue weighted by Gasteiger charge is 2.70. The summed E-state index contributed by atoms with van der Waals surface area (Å²) < 4.78 is 66.9. The molecule has 1 N–H and O–H groups in total. The Labute approximate surface area is 252 Å². The molecule has 3 aromatic carbocycles. The van der Waals surface area contributed by atoms with Crippen molar-refractivity contribution < 1.29 is 46.5 Å². The molecule has 0 spiro atoms. The Morgan fingerprint density at radius 2 is 1.43 bits per heavy atom. The molecule has 1 aliphatic rings. The predicted octanol–water partition coefficient (Wildman–Crippen LogP) is 4.99. The van der Waals surface area contributed by atoms with E-state index in [-0.39, 0.29) is 47.0 Å². The Hall–Kier alpha value is -5.00. The van der Waals surface area contributed by atoms with Crippen LogP contribution in [0.1, 0.15) is 33.2 Å². The standard InChI is InChI=1S/C32H31F3N2O7/c1-19-26(27(38)21-9-7-6-8-10-21)31(32(33,34)35,30(40)37(19)16-15-20-11-13-23(41-2)14-12-20)36-29(39)22-17-24(42-3)28(44-5)25(18-22)43-4/h6-14,17-18H,15-16H2,1-5H3,(H,36,39)/t31-/m0/s1. The number of nitrogens with zero attached hydrogens (tertiary/aromatic N) is 1. The SMILES string of the molecule is COc1ccc(CCN2C(=O)[C@](NC(=O)c3cc(OC)c(OC)c(OC)c3)(C(F)(F)F)C(C(=O)c3ccccc3)=C2C)cc1. The molecule has 0 bridgehead atoms. The number of carbonyl (C=O) groups is 3. The van der Waals surface area contributed by atoms with Crippen LogP contribution in [-0.4, -0.2) is 69.2 Å². The maximum absolute atomic E-state index is 15.3. The summed E-state index contributed by atoms with van der Waals surface area (Å²) >= 11 is 0. The maximum atomic E-state index is 15.3. The van der Waals surface area contributed by atoms with E-state index in [2.05, 4.69) is 0 Å². The number of ketones is 1. The molecule has 0 saturated carbocycles. The highest BCUT2D eigenvalue weighted by atomic mass is 19.4. The first kappa shape index (κ1) is 31.9. The van der Waals surface area contributed by atoms with Gasteiger partial charge in [-0.3, -0.25) is 14.4 Å². The molecule has 3 aromatic rings. The van der Waals surface area contributed by atoms with Crippen LogP contribution in [0.3, 0.4) is 0 Å². The van der Waals surface area contributed by atoms with Gasteiger partial charge in [0.25, 0.3) is 11.8 Å². The molecule has 2 amide bonds. The number of methoxy groups -OCH3 is 4. The molecular weight excluding hydrogens is 581 g/mol. The van der Waals surface area contributed by atoms with Crippen molar-refractivity contribution in [3.8, 4) is 23.0 Å². The highest BCUT2D eigenvalue weighted by molar-refractivity contribution is 6.19. The number of nitrogens with one attached hydrogen (secondary N) is 1. The Morgan fingerprint density at radius 3 is 1.93 bits per heavy atom. The second-order valence-electron chi connectivity index (χ2n) is 9.83. The number of ether oxygens (including phenoxy) is 4. The van der Waals surface area contributed by atoms with E-state index in [0.717, 1.165) is 17.0 Å². The summed E-state index contributed by atoms with van der Waals surface area (Å²) in [6.07, 6.45) is -5.26. The zero-order chi connectivity index (χ0) is 32.2. The number of hydrogen-bond donors (Lipinski definition) is 1. The number of Topliss-reactive ketones (excluding diaryl/α,β-unsaturated/α-hetero) is 1. The number of allylic oxidation sites excluding steroid dienone is 1. The number of hydrogen-bond acceptors (Lipinski definition) is 7. The topological polar surface area (TPSA) is 103 Å². The average molecular weight is 613 g/mol. The number of halogens is 3. The lowest BCUT2D eigenvalue weighted by molar-refractivity contribution is -0.189. The zero-order valence-corrected chi connectivity index (χ0v) is 24.7. The van der Waals surface area contributed by atoms with Crippen molar-refractivity contribution in [2.75, 3.05) is 35.0 Å². The number of carbonyl (C=O) groups excluding carboxylic acids is 3. The Balaban J connectivity index is 1.83. The van der Waals surface area contributed by atoms with Gasteiger partial charge in [-0.05, 0) is 43.2 Å². The molecule has 1 aliphatic heterocycles. The number of rotatable bonds is 11. The summed E-state index contributed by atoms with van der Waals surface area (Å²) in [7, 11) is 5.38. The molecule has 0 saturated heterocycles. The van der Waals surface area contributed by atoms with Gasteiger partial charge in [0.15, 0.2) is 17.3 Å². The number of amides is 2. The summed E-state index contributed by atoms with van der Waals surface area (Å²) in [6, 6.07) is 16.4. The van der Waals surface area contributed by atoms with Crippen molar-refractivity contribution in [3.05, 3.63) is 94.7 Å². The van der Waals surface area contributed by atoms with E-state index in [4.69, 9.17) is 18.9 Å². The van der Waals surface area contributed by atoms with Gasteiger partial charge in [-0.25, -0.2) is 0 Å². The monoisotopic (exact) mass is 612 g/mol. The van der Waals surface area contributed by atoms with E-state index in [1.165, 1.54) is 59.6 Å². The summed E-state index contributed by atoms with van der Waals surface area (Å²) in [6.45, 7) is 1.07. The Bertz CT molecular complexity index is 1560. The molecular formula is C32H31F3N2O7. The van der Waals surface area contributed by atoms with Gasteiger partial charge in [-0.2, -0.15) is 13.2 Å². The lowest BCUT2D eigenvalue weighted by Crippen LogP contribution is -2.66. The van der Waals surface area contributed by atoms with E-state index in [0.29, 0.717) is 11.3 Å². The lowest BCUT2D eigenvalue weighted by Gasteiger charge is -2.33. The first-order valence-corrected chi connectivity index (χ1v) is 13.4. The molecule has 1 atom stereocenters. The van der Waals surface area contributed by atoms with E-state index >= 15 is 13.2 Å². The normalized spacial score (nSPS) is 16.5. The largest absolute Gasteiger partial charge is 0.497 e. The van der Waals surface area contributed by atoms with E-state index in [9.17, 15) is 14.4 Å².